The molecule has 0 spiro atoms. The summed E-state index contributed by atoms with van der Waals surface area (Å²) in [4.78, 5) is 1.27. The Balaban J connectivity index is 2.53. The molecule has 0 amide bonds. The second-order valence-corrected chi connectivity index (χ2v) is 3.27. The molecule has 1 rings (SSSR count). The normalized spacial score (nSPS) is 9.83. The maximum atomic E-state index is 5.39. The van der Waals surface area contributed by atoms with Gasteiger partial charge in [-0.15, -0.1) is 11.8 Å². The van der Waals surface area contributed by atoms with Crippen LogP contribution in [0.2, 0.25) is 0 Å². The monoisotopic (exact) mass is 181 g/mol. The fourth-order valence-electron chi connectivity index (χ4n) is 0.852. The highest BCUT2D eigenvalue weighted by molar-refractivity contribution is 7.98. The molecule has 0 unspecified atom stereocenters. The summed E-state index contributed by atoms with van der Waals surface area (Å²) in [5.41, 5.74) is 0. The van der Waals surface area contributed by atoms with Gasteiger partial charge in [-0.05, 0) is 36.9 Å². The second-order valence-electron chi connectivity index (χ2n) is 2.39. The molecule has 0 heterocycles. The summed E-state index contributed by atoms with van der Waals surface area (Å²) < 4.78 is 5.39. The lowest BCUT2D eigenvalue weighted by atomic mass is 10.3. The van der Waals surface area contributed by atoms with Crippen LogP contribution in [0.1, 0.15) is 6.92 Å². The predicted molar refractivity (Wildman–Crippen MR) is 53.7 cm³/mol. The Kier molecular flexibility index (Phi) is 4.01. The predicted octanol–water partition coefficient (Wildman–Crippen LogP) is 3.01. The van der Waals surface area contributed by atoms with Crippen LogP contribution in [0.4, 0.5) is 0 Å². The maximum Gasteiger partial charge on any atom is 0.119 e. The molecule has 2 heteroatoms. The Bertz CT molecular complexity index is 218. The molecule has 0 saturated heterocycles. The van der Waals surface area contributed by atoms with E-state index in [0.717, 1.165) is 5.75 Å². The molecule has 0 N–H and O–H groups in total. The zero-order valence-corrected chi connectivity index (χ0v) is 8.23. The highest BCUT2D eigenvalue weighted by atomic mass is 32.2. The van der Waals surface area contributed by atoms with Crippen molar-refractivity contribution in [1.82, 2.24) is 0 Å². The minimum atomic E-state index is 0.679. The molecule has 12 heavy (non-hydrogen) atoms. The Hall–Kier alpha value is -0.630. The van der Waals surface area contributed by atoms with Crippen molar-refractivity contribution in [2.24, 2.45) is 0 Å². The molecule has 0 aliphatic carbocycles. The molecule has 65 valence electrons. The van der Waals surface area contributed by atoms with Crippen LogP contribution in [-0.2, 0) is 0 Å². The third-order valence-electron chi connectivity index (χ3n) is 1.48. The summed E-state index contributed by atoms with van der Waals surface area (Å²) in [6, 6.07) is 8.12. The van der Waals surface area contributed by atoms with Crippen molar-refractivity contribution < 1.29 is 4.74 Å². The third kappa shape index (κ3) is 2.78. The Morgan fingerprint density at radius 2 is 2.00 bits per heavy atom. The van der Waals surface area contributed by atoms with Gasteiger partial charge in [0.05, 0.1) is 6.61 Å². The van der Waals surface area contributed by atoms with Crippen molar-refractivity contribution in [2.45, 2.75) is 11.8 Å². The standard InChI is InChI=1S/C10H13OS/c1-3-8-11-9-4-6-10(12-2)7-5-9/h3-7H,8H2,1-2H3. The number of thioether (sulfide) groups is 1. The third-order valence-corrected chi connectivity index (χ3v) is 2.22. The molecule has 0 atom stereocenters. The van der Waals surface area contributed by atoms with E-state index < -0.39 is 0 Å². The molecule has 1 aromatic rings. The van der Waals surface area contributed by atoms with E-state index >= 15 is 0 Å². The van der Waals surface area contributed by atoms with E-state index in [9.17, 15) is 0 Å². The maximum absolute atomic E-state index is 5.39. The Morgan fingerprint density at radius 1 is 1.33 bits per heavy atom. The molecule has 1 radical (unpaired) electrons. The van der Waals surface area contributed by atoms with Gasteiger partial charge in [-0.2, -0.15) is 0 Å². The number of hydrogen-bond donors (Lipinski definition) is 0. The van der Waals surface area contributed by atoms with Crippen molar-refractivity contribution >= 4 is 11.8 Å². The molecule has 0 fully saturated rings. The lowest BCUT2D eigenvalue weighted by molar-refractivity contribution is 0.349. The van der Waals surface area contributed by atoms with Crippen molar-refractivity contribution in [3.8, 4) is 5.75 Å². The van der Waals surface area contributed by atoms with Crippen LogP contribution in [0.15, 0.2) is 29.2 Å². The number of hydrogen-bond acceptors (Lipinski definition) is 2. The van der Waals surface area contributed by atoms with Gasteiger partial charge in [-0.25, -0.2) is 0 Å². The van der Waals surface area contributed by atoms with Crippen molar-refractivity contribution in [2.75, 3.05) is 12.9 Å². The van der Waals surface area contributed by atoms with E-state index in [1.54, 1.807) is 11.8 Å². The highest BCUT2D eigenvalue weighted by Crippen LogP contribution is 2.18. The molecule has 0 aliphatic rings. The van der Waals surface area contributed by atoms with Gasteiger partial charge in [0.15, 0.2) is 0 Å². The van der Waals surface area contributed by atoms with Crippen molar-refractivity contribution in [3.63, 3.8) is 0 Å². The smallest absolute Gasteiger partial charge is 0.119 e. The first-order valence-corrected chi connectivity index (χ1v) is 5.14. The largest absolute Gasteiger partial charge is 0.493 e. The Labute approximate surface area is 78.1 Å². The fourth-order valence-corrected chi connectivity index (χ4v) is 1.26. The van der Waals surface area contributed by atoms with E-state index in [4.69, 9.17) is 4.74 Å². The molecule has 0 bridgehead atoms. The summed E-state index contributed by atoms with van der Waals surface area (Å²) in [6.07, 6.45) is 4.05. The minimum absolute atomic E-state index is 0.679. The van der Waals surface area contributed by atoms with Crippen LogP contribution in [0, 0.1) is 6.42 Å². The quantitative estimate of drug-likeness (QED) is 0.660. The number of ether oxygens (including phenoxy) is 1. The van der Waals surface area contributed by atoms with Gasteiger partial charge in [0.1, 0.15) is 5.75 Å². The first-order chi connectivity index (χ1) is 5.86. The average molecular weight is 181 g/mol. The van der Waals surface area contributed by atoms with Gasteiger partial charge in [0, 0.05) is 4.90 Å². The summed E-state index contributed by atoms with van der Waals surface area (Å²) in [7, 11) is 0. The zero-order valence-electron chi connectivity index (χ0n) is 7.41. The first kappa shape index (κ1) is 9.46. The van der Waals surface area contributed by atoms with E-state index in [0.29, 0.717) is 6.61 Å². The first-order valence-electron chi connectivity index (χ1n) is 3.91. The SMILES string of the molecule is C[CH]COc1ccc(SC)cc1. The minimum Gasteiger partial charge on any atom is -0.493 e. The van der Waals surface area contributed by atoms with Crippen LogP contribution in [-0.4, -0.2) is 12.9 Å². The van der Waals surface area contributed by atoms with Crippen LogP contribution in [0.3, 0.4) is 0 Å². The molecule has 0 saturated carbocycles. The average Bonchev–Trinajstić information content (AvgIpc) is 2.15. The van der Waals surface area contributed by atoms with E-state index in [1.165, 1.54) is 4.90 Å². The topological polar surface area (TPSA) is 9.23 Å². The lowest BCUT2D eigenvalue weighted by Crippen LogP contribution is -1.94. The van der Waals surface area contributed by atoms with Gasteiger partial charge in [-0.3, -0.25) is 0 Å². The molecule has 1 nitrogen and oxygen atoms in total. The van der Waals surface area contributed by atoms with E-state index in [-0.39, 0.29) is 0 Å². The Morgan fingerprint density at radius 3 is 2.50 bits per heavy atom. The summed E-state index contributed by atoms with van der Waals surface area (Å²) >= 11 is 1.74. The molecule has 1 aromatic carbocycles. The lowest BCUT2D eigenvalue weighted by Gasteiger charge is -2.03. The summed E-state index contributed by atoms with van der Waals surface area (Å²) in [6.45, 7) is 2.66. The van der Waals surface area contributed by atoms with Gasteiger partial charge >= 0.3 is 0 Å². The van der Waals surface area contributed by atoms with Gasteiger partial charge in [0.25, 0.3) is 0 Å². The molecular formula is C10H13OS. The van der Waals surface area contributed by atoms with Crippen molar-refractivity contribution in [3.05, 3.63) is 30.7 Å². The van der Waals surface area contributed by atoms with Gasteiger partial charge < -0.3 is 4.74 Å². The van der Waals surface area contributed by atoms with Gasteiger partial charge in [-0.1, -0.05) is 6.92 Å². The molecule has 0 aromatic heterocycles. The second kappa shape index (κ2) is 5.09. The van der Waals surface area contributed by atoms with Crippen molar-refractivity contribution in [1.29, 1.82) is 0 Å². The highest BCUT2D eigenvalue weighted by Gasteiger charge is 1.92. The number of rotatable bonds is 4. The summed E-state index contributed by atoms with van der Waals surface area (Å²) in [5.74, 6) is 0.936. The van der Waals surface area contributed by atoms with Crippen LogP contribution < -0.4 is 4.74 Å². The summed E-state index contributed by atoms with van der Waals surface area (Å²) in [5, 5.41) is 0. The van der Waals surface area contributed by atoms with E-state index in [1.807, 2.05) is 25.5 Å². The van der Waals surface area contributed by atoms with E-state index in [2.05, 4.69) is 18.4 Å². The van der Waals surface area contributed by atoms with Crippen LogP contribution in [0.5, 0.6) is 5.75 Å². The molecular weight excluding hydrogens is 168 g/mol. The van der Waals surface area contributed by atoms with Gasteiger partial charge in [0.2, 0.25) is 0 Å². The molecule has 0 aliphatic heterocycles. The van der Waals surface area contributed by atoms with Crippen LogP contribution >= 0.6 is 11.8 Å². The number of benzene rings is 1. The van der Waals surface area contributed by atoms with Crippen LogP contribution in [0.25, 0.3) is 0 Å². The fraction of sp³-hybridized carbons (Fsp3) is 0.300. The zero-order chi connectivity index (χ0) is 8.81.